The fourth-order valence-electron chi connectivity index (χ4n) is 3.48. The van der Waals surface area contributed by atoms with Crippen molar-refractivity contribution in [3.8, 4) is 0 Å². The van der Waals surface area contributed by atoms with Crippen molar-refractivity contribution >= 4 is 11.7 Å². The van der Waals surface area contributed by atoms with Crippen molar-refractivity contribution in [2.75, 3.05) is 26.7 Å². The van der Waals surface area contributed by atoms with Crippen LogP contribution in [0.2, 0.25) is 0 Å². The Morgan fingerprint density at radius 1 is 1.56 bits per heavy atom. The van der Waals surface area contributed by atoms with Gasteiger partial charge in [-0.2, -0.15) is 0 Å². The van der Waals surface area contributed by atoms with Crippen LogP contribution in [0.25, 0.3) is 0 Å². The van der Waals surface area contributed by atoms with E-state index in [1.165, 1.54) is 11.1 Å². The van der Waals surface area contributed by atoms with Crippen molar-refractivity contribution in [3.63, 3.8) is 0 Å². The van der Waals surface area contributed by atoms with Crippen molar-refractivity contribution in [2.45, 2.75) is 33.1 Å². The summed E-state index contributed by atoms with van der Waals surface area (Å²) >= 11 is 0. The topological polar surface area (TPSA) is 74.7 Å². The second-order valence-corrected chi connectivity index (χ2v) is 6.60. The minimum atomic E-state index is -0.146. The molecule has 5 heteroatoms. The van der Waals surface area contributed by atoms with Crippen LogP contribution < -0.4 is 5.73 Å². The maximum absolute atomic E-state index is 7.40. The molecule has 2 bridgehead atoms. The standard InChI is InChI=1S/C20H30N4O/c1-5-7-8-24(6-2)13-18-12-19(25-4)17-10-15(9-16(18)11-17)14(3)23-20(21)22/h5,9,12,16H,1,6-8,10-11,13H2,2-4H3,(H3,21,22)/b23-14-. The molecule has 1 unspecified atom stereocenters. The molecule has 2 rings (SSSR count). The minimum Gasteiger partial charge on any atom is -0.497 e. The third-order valence-electron chi connectivity index (χ3n) is 4.89. The van der Waals surface area contributed by atoms with Gasteiger partial charge >= 0.3 is 0 Å². The molecule has 0 heterocycles. The van der Waals surface area contributed by atoms with Gasteiger partial charge in [0.2, 0.25) is 5.96 Å². The first-order valence-electron chi connectivity index (χ1n) is 8.88. The number of nitrogens with one attached hydrogen (secondary N) is 1. The Bertz CT molecular complexity index is 655. The number of nitrogens with zero attached hydrogens (tertiary/aromatic N) is 2. The van der Waals surface area contributed by atoms with Gasteiger partial charge in [-0.25, -0.2) is 4.99 Å². The number of likely N-dealkylation sites (N-methyl/N-ethyl adjacent to an activating group) is 1. The number of nitrogens with two attached hydrogens (primary N) is 1. The molecule has 0 aromatic rings. The van der Waals surface area contributed by atoms with Crippen LogP contribution in [0.1, 0.15) is 33.1 Å². The van der Waals surface area contributed by atoms with Gasteiger partial charge in [0.25, 0.3) is 0 Å². The molecular weight excluding hydrogens is 312 g/mol. The van der Waals surface area contributed by atoms with Gasteiger partial charge in [0.1, 0.15) is 5.76 Å². The summed E-state index contributed by atoms with van der Waals surface area (Å²) in [5.41, 5.74) is 10.1. The number of fused-ring (bicyclic) bond motifs is 2. The number of hydrogen-bond donors (Lipinski definition) is 2. The van der Waals surface area contributed by atoms with Gasteiger partial charge < -0.3 is 10.5 Å². The van der Waals surface area contributed by atoms with Crippen LogP contribution in [-0.4, -0.2) is 43.3 Å². The fraction of sp³-hybridized carbons (Fsp3) is 0.500. The van der Waals surface area contributed by atoms with Crippen molar-refractivity contribution in [2.24, 2.45) is 16.6 Å². The predicted molar refractivity (Wildman–Crippen MR) is 105 cm³/mol. The number of aliphatic imine (C=N–C) groups is 1. The maximum atomic E-state index is 7.40. The zero-order valence-electron chi connectivity index (χ0n) is 15.6. The molecule has 0 aliphatic heterocycles. The van der Waals surface area contributed by atoms with Crippen LogP contribution in [0.15, 0.2) is 52.3 Å². The summed E-state index contributed by atoms with van der Waals surface area (Å²) in [6, 6.07) is 0. The fourth-order valence-corrected chi connectivity index (χ4v) is 3.48. The van der Waals surface area contributed by atoms with Crippen LogP contribution >= 0.6 is 0 Å². The van der Waals surface area contributed by atoms with E-state index < -0.39 is 0 Å². The highest BCUT2D eigenvalue weighted by Gasteiger charge is 2.28. The SMILES string of the molecule is C=CCCN(CC)CC1=CC(OC)=C2CC(/C(C)=N\C(=N)N)=CC1C2. The lowest BCUT2D eigenvalue weighted by molar-refractivity contribution is 0.283. The molecular formula is C20H30N4O. The Morgan fingerprint density at radius 2 is 2.32 bits per heavy atom. The van der Waals surface area contributed by atoms with Gasteiger partial charge in [0.05, 0.1) is 7.11 Å². The van der Waals surface area contributed by atoms with Crippen LogP contribution in [-0.2, 0) is 4.74 Å². The quantitative estimate of drug-likeness (QED) is 0.403. The number of rotatable bonds is 8. The van der Waals surface area contributed by atoms with Gasteiger partial charge in [-0.3, -0.25) is 10.3 Å². The number of guanidine groups is 1. The van der Waals surface area contributed by atoms with Gasteiger partial charge in [0.15, 0.2) is 0 Å². The van der Waals surface area contributed by atoms with E-state index in [9.17, 15) is 0 Å². The Morgan fingerprint density at radius 3 is 2.92 bits per heavy atom. The molecule has 1 atom stereocenters. The second-order valence-electron chi connectivity index (χ2n) is 6.60. The average Bonchev–Trinajstić information content (AvgIpc) is 2.59. The lowest BCUT2D eigenvalue weighted by Gasteiger charge is -2.33. The van der Waals surface area contributed by atoms with Gasteiger partial charge in [-0.15, -0.1) is 6.58 Å². The summed E-state index contributed by atoms with van der Waals surface area (Å²) in [5, 5.41) is 7.40. The average molecular weight is 342 g/mol. The van der Waals surface area contributed by atoms with Gasteiger partial charge in [0, 0.05) is 24.7 Å². The highest BCUT2D eigenvalue weighted by atomic mass is 16.5. The lowest BCUT2D eigenvalue weighted by atomic mass is 9.77. The van der Waals surface area contributed by atoms with Crippen LogP contribution in [0.4, 0.5) is 0 Å². The molecule has 0 spiro atoms. The molecule has 0 aromatic carbocycles. The molecule has 0 saturated heterocycles. The highest BCUT2D eigenvalue weighted by Crippen LogP contribution is 2.39. The van der Waals surface area contributed by atoms with E-state index in [4.69, 9.17) is 15.9 Å². The van der Waals surface area contributed by atoms with Gasteiger partial charge in [-0.1, -0.05) is 19.1 Å². The molecule has 0 amide bonds. The van der Waals surface area contributed by atoms with E-state index in [0.717, 1.165) is 55.9 Å². The van der Waals surface area contributed by atoms with Gasteiger partial charge in [-0.05, 0) is 55.5 Å². The van der Waals surface area contributed by atoms with Crippen molar-refractivity contribution < 1.29 is 4.74 Å². The summed E-state index contributed by atoms with van der Waals surface area (Å²) in [4.78, 5) is 6.56. The first-order valence-corrected chi connectivity index (χ1v) is 8.88. The normalized spacial score (nSPS) is 20.3. The molecule has 2 aliphatic rings. The number of ether oxygens (including phenoxy) is 1. The molecule has 0 aromatic heterocycles. The lowest BCUT2D eigenvalue weighted by Crippen LogP contribution is -2.30. The monoisotopic (exact) mass is 342 g/mol. The summed E-state index contributed by atoms with van der Waals surface area (Å²) in [6.07, 6.45) is 9.30. The molecule has 0 fully saturated rings. The summed E-state index contributed by atoms with van der Waals surface area (Å²) in [7, 11) is 1.74. The Kier molecular flexibility index (Phi) is 6.76. The van der Waals surface area contributed by atoms with E-state index in [0.29, 0.717) is 5.92 Å². The predicted octanol–water partition coefficient (Wildman–Crippen LogP) is 3.42. The van der Waals surface area contributed by atoms with E-state index >= 15 is 0 Å². The smallest absolute Gasteiger partial charge is 0.212 e. The molecule has 5 nitrogen and oxygen atoms in total. The zero-order chi connectivity index (χ0) is 18.4. The minimum absolute atomic E-state index is 0.146. The molecule has 136 valence electrons. The van der Waals surface area contributed by atoms with Crippen LogP contribution in [0.3, 0.4) is 0 Å². The van der Waals surface area contributed by atoms with Crippen molar-refractivity contribution in [1.29, 1.82) is 5.41 Å². The van der Waals surface area contributed by atoms with Crippen LogP contribution in [0.5, 0.6) is 0 Å². The molecule has 2 aliphatic carbocycles. The van der Waals surface area contributed by atoms with E-state index in [-0.39, 0.29) is 5.96 Å². The Hall–Kier alpha value is -2.14. The third-order valence-corrected chi connectivity index (χ3v) is 4.89. The number of hydrogen-bond acceptors (Lipinski definition) is 3. The summed E-state index contributed by atoms with van der Waals surface area (Å²) in [6.45, 7) is 10.9. The molecule has 0 saturated carbocycles. The van der Waals surface area contributed by atoms with E-state index in [1.54, 1.807) is 7.11 Å². The van der Waals surface area contributed by atoms with Crippen molar-refractivity contribution in [1.82, 2.24) is 4.90 Å². The number of methoxy groups -OCH3 is 1. The second kappa shape index (κ2) is 8.81. The maximum Gasteiger partial charge on any atom is 0.212 e. The molecule has 3 N–H and O–H groups in total. The molecule has 25 heavy (non-hydrogen) atoms. The third kappa shape index (κ3) is 4.92. The first-order chi connectivity index (χ1) is 12.0. The first kappa shape index (κ1) is 19.2. The highest BCUT2D eigenvalue weighted by molar-refractivity contribution is 6.05. The van der Waals surface area contributed by atoms with E-state index in [2.05, 4.69) is 35.5 Å². The zero-order valence-corrected chi connectivity index (χ0v) is 15.6. The molecule has 0 radical (unpaired) electrons. The largest absolute Gasteiger partial charge is 0.497 e. The van der Waals surface area contributed by atoms with Crippen LogP contribution in [0, 0.1) is 11.3 Å². The number of allylic oxidation sites excluding steroid dienone is 4. The Balaban J connectivity index is 2.28. The van der Waals surface area contributed by atoms with Crippen molar-refractivity contribution in [3.05, 3.63) is 47.3 Å². The summed E-state index contributed by atoms with van der Waals surface area (Å²) in [5.74, 6) is 1.20. The Labute approximate surface area is 151 Å². The van der Waals surface area contributed by atoms with E-state index in [1.807, 2.05) is 13.0 Å². The summed E-state index contributed by atoms with van der Waals surface area (Å²) < 4.78 is 5.65.